The van der Waals surface area contributed by atoms with Gasteiger partial charge in [0.1, 0.15) is 5.84 Å². The molecule has 4 rings (SSSR count). The summed E-state index contributed by atoms with van der Waals surface area (Å²) in [6.45, 7) is 4.49. The lowest BCUT2D eigenvalue weighted by molar-refractivity contribution is -0.139. The smallest absolute Gasteiger partial charge is 0.341 e. The molecule has 0 atom stereocenters. The van der Waals surface area contributed by atoms with Gasteiger partial charge >= 0.3 is 5.97 Å². The van der Waals surface area contributed by atoms with Crippen LogP contribution in [0.5, 0.6) is 11.5 Å². The highest BCUT2D eigenvalue weighted by Crippen LogP contribution is 2.35. The van der Waals surface area contributed by atoms with Crippen molar-refractivity contribution >= 4 is 46.6 Å². The quantitative estimate of drug-likeness (QED) is 0.139. The summed E-state index contributed by atoms with van der Waals surface area (Å²) in [6.07, 6.45) is 0.132. The van der Waals surface area contributed by atoms with Gasteiger partial charge in [-0.15, -0.1) is 0 Å². The number of nitrogens with two attached hydrogens (primary N) is 1. The second-order valence-corrected chi connectivity index (χ2v) is 11.0. The van der Waals surface area contributed by atoms with Gasteiger partial charge in [-0.05, 0) is 74.1 Å². The molecular formula is C32H37ClN6O6. The number of hydrogen-bond acceptors (Lipinski definition) is 8. The Morgan fingerprint density at radius 2 is 1.73 bits per heavy atom. The van der Waals surface area contributed by atoms with Crippen molar-refractivity contribution in [3.63, 3.8) is 0 Å². The van der Waals surface area contributed by atoms with Crippen molar-refractivity contribution in [3.8, 4) is 11.5 Å². The number of carbonyl (C=O) groups is 3. The number of benzene rings is 3. The van der Waals surface area contributed by atoms with Crippen LogP contribution in [0.4, 0.5) is 11.4 Å². The first-order chi connectivity index (χ1) is 21.5. The van der Waals surface area contributed by atoms with Crippen LogP contribution in [-0.2, 0) is 22.6 Å². The summed E-state index contributed by atoms with van der Waals surface area (Å²) in [4.78, 5) is 41.9. The maximum atomic E-state index is 13.3. The van der Waals surface area contributed by atoms with E-state index in [0.29, 0.717) is 58.5 Å². The maximum absolute atomic E-state index is 13.3. The van der Waals surface area contributed by atoms with E-state index in [1.165, 1.54) is 6.07 Å². The molecule has 3 aromatic carbocycles. The average Bonchev–Trinajstić information content (AvgIpc) is 3.00. The number of piperazine rings is 1. The minimum absolute atomic E-state index is 0.0170. The van der Waals surface area contributed by atoms with Crippen LogP contribution in [0.1, 0.15) is 34.0 Å². The fourth-order valence-corrected chi connectivity index (χ4v) is 5.01. The Bertz CT molecular complexity index is 1560. The number of amidine groups is 1. The second kappa shape index (κ2) is 15.3. The van der Waals surface area contributed by atoms with E-state index in [0.717, 1.165) is 13.1 Å². The number of hydrogen-bond donors (Lipinski definition) is 5. The molecule has 0 radical (unpaired) electrons. The number of likely N-dealkylation sites (N-methyl/N-ethyl adjacent to an activating group) is 1. The standard InChI is InChI=1S/C32H37ClN6O6/c1-3-44-27-15-20(16-28(40)39-12-10-38(2)11-13-39)14-22(30(27)45-19-29(41)42)18-36-26-9-6-23(33)17-25(26)32(43)37-24-7-4-21(5-8-24)31(34)35/h4-9,14-15,17,36H,3,10-13,16,18-19H2,1-2H3,(H3,34,35)(H,37,43)(H,41,42). The van der Waals surface area contributed by atoms with E-state index in [1.807, 2.05) is 11.9 Å². The molecule has 1 heterocycles. The van der Waals surface area contributed by atoms with Crippen LogP contribution in [-0.4, -0.2) is 85.0 Å². The summed E-state index contributed by atoms with van der Waals surface area (Å²) in [5, 5.41) is 23.3. The minimum Gasteiger partial charge on any atom is -0.490 e. The molecule has 45 heavy (non-hydrogen) atoms. The van der Waals surface area contributed by atoms with Gasteiger partial charge in [-0.25, -0.2) is 4.79 Å². The third kappa shape index (κ3) is 9.10. The number of nitrogens with one attached hydrogen (secondary N) is 3. The van der Waals surface area contributed by atoms with Crippen LogP contribution in [0, 0.1) is 5.41 Å². The fourth-order valence-electron chi connectivity index (χ4n) is 4.84. The molecular weight excluding hydrogens is 600 g/mol. The molecule has 0 aliphatic carbocycles. The molecule has 0 spiro atoms. The lowest BCUT2D eigenvalue weighted by atomic mass is 10.0. The minimum atomic E-state index is -1.15. The van der Waals surface area contributed by atoms with Crippen LogP contribution < -0.4 is 25.8 Å². The third-order valence-electron chi connectivity index (χ3n) is 7.19. The molecule has 0 aromatic heterocycles. The van der Waals surface area contributed by atoms with Crippen LogP contribution in [0.25, 0.3) is 0 Å². The Labute approximate surface area is 266 Å². The highest BCUT2D eigenvalue weighted by atomic mass is 35.5. The zero-order chi connectivity index (χ0) is 32.5. The van der Waals surface area contributed by atoms with E-state index in [9.17, 15) is 19.5 Å². The van der Waals surface area contributed by atoms with Gasteiger partial charge in [0.15, 0.2) is 18.1 Å². The Morgan fingerprint density at radius 1 is 1.02 bits per heavy atom. The Morgan fingerprint density at radius 3 is 2.38 bits per heavy atom. The normalized spacial score (nSPS) is 13.2. The van der Waals surface area contributed by atoms with Gasteiger partial charge in [-0.2, -0.15) is 0 Å². The van der Waals surface area contributed by atoms with Crippen molar-refractivity contribution in [2.75, 3.05) is 57.1 Å². The number of carbonyl (C=O) groups excluding carboxylic acids is 2. The number of aliphatic carboxylic acids is 1. The Hall–Kier alpha value is -4.81. The molecule has 3 aromatic rings. The van der Waals surface area contributed by atoms with Crippen molar-refractivity contribution in [3.05, 3.63) is 81.9 Å². The van der Waals surface area contributed by atoms with Crippen molar-refractivity contribution in [1.29, 1.82) is 5.41 Å². The van der Waals surface area contributed by atoms with Crippen molar-refractivity contribution < 1.29 is 29.0 Å². The third-order valence-corrected chi connectivity index (χ3v) is 7.43. The van der Waals surface area contributed by atoms with Gasteiger partial charge in [0.05, 0.1) is 18.6 Å². The number of anilines is 2. The molecule has 238 valence electrons. The molecule has 13 heteroatoms. The number of carboxylic acids is 1. The van der Waals surface area contributed by atoms with Gasteiger partial charge in [0.25, 0.3) is 5.91 Å². The van der Waals surface area contributed by atoms with Gasteiger partial charge in [-0.1, -0.05) is 11.6 Å². The number of nitrogen functional groups attached to an aromatic ring is 1. The van der Waals surface area contributed by atoms with Crippen LogP contribution in [0.3, 0.4) is 0 Å². The second-order valence-electron chi connectivity index (χ2n) is 10.5. The lowest BCUT2D eigenvalue weighted by Gasteiger charge is -2.32. The molecule has 1 fully saturated rings. The first-order valence-corrected chi connectivity index (χ1v) is 14.8. The molecule has 6 N–H and O–H groups in total. The summed E-state index contributed by atoms with van der Waals surface area (Å²) in [7, 11) is 2.02. The largest absolute Gasteiger partial charge is 0.490 e. The molecule has 0 bridgehead atoms. The van der Waals surface area contributed by atoms with Crippen LogP contribution in [0.15, 0.2) is 54.6 Å². The first kappa shape index (κ1) is 33.1. The number of rotatable bonds is 13. The SMILES string of the molecule is CCOc1cc(CC(=O)N2CCN(C)CC2)cc(CNc2ccc(Cl)cc2C(=O)Nc2ccc(C(=N)N)cc2)c1OCC(=O)O. The topological polar surface area (TPSA) is 170 Å². The fraction of sp³-hybridized carbons (Fsp3) is 0.312. The summed E-state index contributed by atoms with van der Waals surface area (Å²) in [6, 6.07) is 14.9. The number of halogens is 1. The van der Waals surface area contributed by atoms with Crippen LogP contribution >= 0.6 is 11.6 Å². The molecule has 1 saturated heterocycles. The first-order valence-electron chi connectivity index (χ1n) is 14.4. The van der Waals surface area contributed by atoms with E-state index in [-0.39, 0.29) is 36.0 Å². The zero-order valence-corrected chi connectivity index (χ0v) is 25.9. The van der Waals surface area contributed by atoms with Crippen molar-refractivity contribution in [2.24, 2.45) is 5.73 Å². The maximum Gasteiger partial charge on any atom is 0.341 e. The predicted molar refractivity (Wildman–Crippen MR) is 173 cm³/mol. The van der Waals surface area contributed by atoms with Crippen LogP contribution in [0.2, 0.25) is 5.02 Å². The number of ether oxygens (including phenoxy) is 2. The number of amides is 2. The highest BCUT2D eigenvalue weighted by Gasteiger charge is 2.22. The van der Waals surface area contributed by atoms with Gasteiger partial charge < -0.3 is 40.7 Å². The van der Waals surface area contributed by atoms with E-state index in [2.05, 4.69) is 15.5 Å². The van der Waals surface area contributed by atoms with Crippen molar-refractivity contribution in [2.45, 2.75) is 19.9 Å². The van der Waals surface area contributed by atoms with E-state index >= 15 is 0 Å². The number of carboxylic acid groups (broad SMARTS) is 1. The van der Waals surface area contributed by atoms with E-state index in [4.69, 9.17) is 32.2 Å². The summed E-state index contributed by atoms with van der Waals surface area (Å²) in [5.41, 5.74) is 8.50. The number of nitrogens with zero attached hydrogens (tertiary/aromatic N) is 2. The molecule has 1 aliphatic rings. The molecule has 0 unspecified atom stereocenters. The summed E-state index contributed by atoms with van der Waals surface area (Å²) < 4.78 is 11.5. The zero-order valence-electron chi connectivity index (χ0n) is 25.2. The summed E-state index contributed by atoms with van der Waals surface area (Å²) in [5.74, 6) is -1.13. The average molecular weight is 637 g/mol. The monoisotopic (exact) mass is 636 g/mol. The highest BCUT2D eigenvalue weighted by molar-refractivity contribution is 6.31. The summed E-state index contributed by atoms with van der Waals surface area (Å²) >= 11 is 6.25. The Kier molecular flexibility index (Phi) is 11.2. The molecule has 1 aliphatic heterocycles. The molecule has 2 amide bonds. The molecule has 12 nitrogen and oxygen atoms in total. The van der Waals surface area contributed by atoms with Gasteiger partial charge in [-0.3, -0.25) is 15.0 Å². The van der Waals surface area contributed by atoms with Crippen molar-refractivity contribution in [1.82, 2.24) is 9.80 Å². The van der Waals surface area contributed by atoms with E-state index in [1.54, 1.807) is 55.5 Å². The van der Waals surface area contributed by atoms with Gasteiger partial charge in [0, 0.05) is 60.2 Å². The lowest BCUT2D eigenvalue weighted by Crippen LogP contribution is -2.47. The van der Waals surface area contributed by atoms with Gasteiger partial charge in [0.2, 0.25) is 5.91 Å². The molecule has 0 saturated carbocycles. The Balaban J connectivity index is 1.60. The predicted octanol–water partition coefficient (Wildman–Crippen LogP) is 3.67. The van der Waals surface area contributed by atoms with E-state index < -0.39 is 18.5 Å².